The predicted octanol–water partition coefficient (Wildman–Crippen LogP) is 3.89. The van der Waals surface area contributed by atoms with Crippen LogP contribution in [0.5, 0.6) is 5.75 Å². The van der Waals surface area contributed by atoms with E-state index in [0.29, 0.717) is 6.54 Å². The van der Waals surface area contributed by atoms with Gasteiger partial charge in [-0.25, -0.2) is 5.43 Å². The summed E-state index contributed by atoms with van der Waals surface area (Å²) in [6.07, 6.45) is 0. The van der Waals surface area contributed by atoms with Crippen LogP contribution in [-0.2, 0) is 6.54 Å². The number of anilines is 1. The topological polar surface area (TPSA) is 33.3 Å². The van der Waals surface area contributed by atoms with E-state index in [2.05, 4.69) is 10.9 Å². The van der Waals surface area contributed by atoms with E-state index in [1.807, 2.05) is 48.5 Å². The Morgan fingerprint density at radius 3 is 2.53 bits per heavy atom. The van der Waals surface area contributed by atoms with Gasteiger partial charge in [0.1, 0.15) is 5.75 Å². The minimum atomic E-state index is 0. The molecule has 0 atom stereocenters. The van der Waals surface area contributed by atoms with E-state index in [9.17, 15) is 0 Å². The third-order valence-corrected chi connectivity index (χ3v) is 2.76. The molecule has 19 heavy (non-hydrogen) atoms. The molecule has 0 aliphatic carbocycles. The summed E-state index contributed by atoms with van der Waals surface area (Å²) in [5.41, 5.74) is 8.38. The summed E-state index contributed by atoms with van der Waals surface area (Å²) in [6, 6.07) is 15.5. The van der Waals surface area contributed by atoms with Gasteiger partial charge in [0.2, 0.25) is 0 Å². The summed E-state index contributed by atoms with van der Waals surface area (Å²) in [5, 5.41) is 0.750. The zero-order valence-corrected chi connectivity index (χ0v) is 12.1. The van der Waals surface area contributed by atoms with Gasteiger partial charge in [-0.05, 0) is 29.8 Å². The largest absolute Gasteiger partial charge is 0.497 e. The lowest BCUT2D eigenvalue weighted by atomic mass is 10.2. The van der Waals surface area contributed by atoms with Gasteiger partial charge in [-0.15, -0.1) is 12.4 Å². The lowest BCUT2D eigenvalue weighted by Gasteiger charge is -2.09. The van der Waals surface area contributed by atoms with Crippen LogP contribution in [0.4, 0.5) is 5.69 Å². The molecule has 0 spiro atoms. The molecule has 5 heteroatoms. The molecule has 0 bridgehead atoms. The van der Waals surface area contributed by atoms with Crippen molar-refractivity contribution in [3.8, 4) is 5.75 Å². The number of nitrogens with one attached hydrogen (secondary N) is 2. The van der Waals surface area contributed by atoms with E-state index in [4.69, 9.17) is 16.3 Å². The van der Waals surface area contributed by atoms with Crippen LogP contribution >= 0.6 is 24.0 Å². The second kappa shape index (κ2) is 7.89. The average molecular weight is 299 g/mol. The monoisotopic (exact) mass is 298 g/mol. The molecule has 0 aliphatic heterocycles. The minimum Gasteiger partial charge on any atom is -0.497 e. The maximum atomic E-state index is 5.83. The molecule has 2 aromatic rings. The SMILES string of the molecule is COc1cccc(NNCc2ccc(Cl)cc2)c1.Cl. The quantitative estimate of drug-likeness (QED) is 0.822. The van der Waals surface area contributed by atoms with Gasteiger partial charge >= 0.3 is 0 Å². The standard InChI is InChI=1S/C14H15ClN2O.ClH/c1-18-14-4-2-3-13(9-14)17-16-10-11-5-7-12(15)8-6-11;/h2-9,16-17H,10H2,1H3;1H. The van der Waals surface area contributed by atoms with Gasteiger partial charge in [-0.2, -0.15) is 0 Å². The molecule has 0 saturated carbocycles. The Morgan fingerprint density at radius 2 is 1.84 bits per heavy atom. The molecular weight excluding hydrogens is 283 g/mol. The number of ether oxygens (including phenoxy) is 1. The van der Waals surface area contributed by atoms with Gasteiger partial charge in [-0.3, -0.25) is 0 Å². The van der Waals surface area contributed by atoms with Crippen LogP contribution in [0.1, 0.15) is 5.56 Å². The molecule has 2 aromatic carbocycles. The number of halogens is 2. The molecular formula is C14H16Cl2N2O. The van der Waals surface area contributed by atoms with Gasteiger partial charge in [0.05, 0.1) is 12.8 Å². The maximum Gasteiger partial charge on any atom is 0.120 e. The molecule has 0 saturated heterocycles. The third-order valence-electron chi connectivity index (χ3n) is 2.51. The molecule has 0 unspecified atom stereocenters. The molecule has 0 amide bonds. The van der Waals surface area contributed by atoms with Crippen molar-refractivity contribution in [3.63, 3.8) is 0 Å². The van der Waals surface area contributed by atoms with E-state index in [1.54, 1.807) is 7.11 Å². The minimum absolute atomic E-state index is 0. The van der Waals surface area contributed by atoms with Crippen molar-refractivity contribution in [1.29, 1.82) is 0 Å². The zero-order valence-electron chi connectivity index (χ0n) is 10.5. The molecule has 0 radical (unpaired) electrons. The highest BCUT2D eigenvalue weighted by Gasteiger charge is 1.95. The summed E-state index contributed by atoms with van der Waals surface area (Å²) in [6.45, 7) is 0.717. The van der Waals surface area contributed by atoms with E-state index >= 15 is 0 Å². The number of hydrogen-bond acceptors (Lipinski definition) is 3. The first-order valence-corrected chi connectivity index (χ1v) is 6.03. The molecule has 0 aliphatic rings. The molecule has 102 valence electrons. The van der Waals surface area contributed by atoms with Crippen molar-refractivity contribution in [1.82, 2.24) is 5.43 Å². The highest BCUT2D eigenvalue weighted by molar-refractivity contribution is 6.30. The van der Waals surface area contributed by atoms with Crippen molar-refractivity contribution in [2.24, 2.45) is 0 Å². The summed E-state index contributed by atoms with van der Waals surface area (Å²) in [7, 11) is 1.65. The van der Waals surface area contributed by atoms with Crippen LogP contribution in [0.2, 0.25) is 5.02 Å². The summed E-state index contributed by atoms with van der Waals surface area (Å²) in [4.78, 5) is 0. The second-order valence-corrected chi connectivity index (χ2v) is 4.27. The van der Waals surface area contributed by atoms with Crippen molar-refractivity contribution in [3.05, 3.63) is 59.1 Å². The molecule has 3 nitrogen and oxygen atoms in total. The molecule has 2 rings (SSSR count). The average Bonchev–Trinajstić information content (AvgIpc) is 2.41. The van der Waals surface area contributed by atoms with Gasteiger partial charge in [-0.1, -0.05) is 29.8 Å². The molecule has 0 aromatic heterocycles. The van der Waals surface area contributed by atoms with E-state index in [-0.39, 0.29) is 12.4 Å². The fourth-order valence-electron chi connectivity index (χ4n) is 1.55. The fraction of sp³-hybridized carbons (Fsp3) is 0.143. The Hall–Kier alpha value is -1.42. The smallest absolute Gasteiger partial charge is 0.120 e. The fourth-order valence-corrected chi connectivity index (χ4v) is 1.68. The Morgan fingerprint density at radius 1 is 1.11 bits per heavy atom. The first-order valence-electron chi connectivity index (χ1n) is 5.65. The third kappa shape index (κ3) is 4.99. The van der Waals surface area contributed by atoms with Crippen molar-refractivity contribution in [2.45, 2.75) is 6.54 Å². The van der Waals surface area contributed by atoms with E-state index in [0.717, 1.165) is 22.0 Å². The predicted molar refractivity (Wildman–Crippen MR) is 82.2 cm³/mol. The van der Waals surface area contributed by atoms with Crippen molar-refractivity contribution >= 4 is 29.7 Å². The van der Waals surface area contributed by atoms with Gasteiger partial charge < -0.3 is 10.2 Å². The van der Waals surface area contributed by atoms with Crippen molar-refractivity contribution < 1.29 is 4.74 Å². The van der Waals surface area contributed by atoms with Gasteiger partial charge in [0.25, 0.3) is 0 Å². The van der Waals surface area contributed by atoms with E-state index < -0.39 is 0 Å². The highest BCUT2D eigenvalue weighted by Crippen LogP contribution is 2.16. The molecule has 0 fully saturated rings. The number of methoxy groups -OCH3 is 1. The Bertz CT molecular complexity index is 503. The van der Waals surface area contributed by atoms with Crippen molar-refractivity contribution in [2.75, 3.05) is 12.5 Å². The van der Waals surface area contributed by atoms with Gasteiger partial charge in [0, 0.05) is 17.6 Å². The van der Waals surface area contributed by atoms with Crippen LogP contribution in [0.15, 0.2) is 48.5 Å². The van der Waals surface area contributed by atoms with Crippen LogP contribution in [0.25, 0.3) is 0 Å². The zero-order chi connectivity index (χ0) is 12.8. The summed E-state index contributed by atoms with van der Waals surface area (Å²) in [5.74, 6) is 0.827. The Balaban J connectivity index is 0.00000180. The van der Waals surface area contributed by atoms with Crippen LogP contribution in [0.3, 0.4) is 0 Å². The lowest BCUT2D eigenvalue weighted by Crippen LogP contribution is -2.20. The maximum absolute atomic E-state index is 5.83. The second-order valence-electron chi connectivity index (χ2n) is 3.84. The van der Waals surface area contributed by atoms with Gasteiger partial charge in [0.15, 0.2) is 0 Å². The Kier molecular flexibility index (Phi) is 6.50. The summed E-state index contributed by atoms with van der Waals surface area (Å²) < 4.78 is 5.15. The normalized spacial score (nSPS) is 9.58. The van der Waals surface area contributed by atoms with Crippen LogP contribution in [0, 0.1) is 0 Å². The Labute approximate surface area is 124 Å². The highest BCUT2D eigenvalue weighted by atomic mass is 35.5. The number of rotatable bonds is 5. The number of hydrogen-bond donors (Lipinski definition) is 2. The first kappa shape index (κ1) is 15.6. The number of benzene rings is 2. The van der Waals surface area contributed by atoms with Crippen LogP contribution < -0.4 is 15.6 Å². The first-order chi connectivity index (χ1) is 8.78. The van der Waals surface area contributed by atoms with E-state index in [1.165, 1.54) is 0 Å². The molecule has 2 N–H and O–H groups in total. The number of hydrazine groups is 1. The summed E-state index contributed by atoms with van der Waals surface area (Å²) >= 11 is 5.83. The van der Waals surface area contributed by atoms with Crippen LogP contribution in [-0.4, -0.2) is 7.11 Å². The lowest BCUT2D eigenvalue weighted by molar-refractivity contribution is 0.415. The molecule has 0 heterocycles.